The molecule has 0 saturated carbocycles. The molecular weight excluding hydrogens is 470 g/mol. The van der Waals surface area contributed by atoms with Crippen molar-refractivity contribution in [2.75, 3.05) is 0 Å². The maximum Gasteiger partial charge on any atom is 0.495 e. The molecule has 6 rings (SSSR count). The fraction of sp³-hybridized carbons (Fsp3) is 0.545. The standard InChI is InChI=1S/C22H26B2N4O4S2/c1-19(2)20(3,4)30-23(29-19)11-9-13-18(28-33-25-13)16-12(10-14-17(15(11)16)27-34-26-14)24-31-21(5,6)22(7,8)32-24/h9-10H,1-8H3. The van der Waals surface area contributed by atoms with E-state index in [-0.39, 0.29) is 0 Å². The van der Waals surface area contributed by atoms with Crippen LogP contribution < -0.4 is 10.9 Å². The first-order chi connectivity index (χ1) is 15.8. The molecule has 0 spiro atoms. The Morgan fingerprint density at radius 3 is 1.21 bits per heavy atom. The van der Waals surface area contributed by atoms with Gasteiger partial charge in [-0.2, -0.15) is 17.5 Å². The maximum absolute atomic E-state index is 6.47. The van der Waals surface area contributed by atoms with Crippen molar-refractivity contribution in [1.82, 2.24) is 17.5 Å². The molecule has 2 saturated heterocycles. The van der Waals surface area contributed by atoms with Crippen LogP contribution in [0.4, 0.5) is 0 Å². The number of nitrogens with zero attached hydrogens (tertiary/aromatic N) is 4. The summed E-state index contributed by atoms with van der Waals surface area (Å²) in [5.74, 6) is 0. The highest BCUT2D eigenvalue weighted by Crippen LogP contribution is 2.40. The molecule has 0 radical (unpaired) electrons. The van der Waals surface area contributed by atoms with Crippen LogP contribution in [0.25, 0.3) is 32.8 Å². The van der Waals surface area contributed by atoms with Gasteiger partial charge in [0.2, 0.25) is 0 Å². The summed E-state index contributed by atoms with van der Waals surface area (Å²) >= 11 is 2.36. The lowest BCUT2D eigenvalue weighted by Crippen LogP contribution is -2.41. The second kappa shape index (κ2) is 6.95. The van der Waals surface area contributed by atoms with E-state index < -0.39 is 36.6 Å². The van der Waals surface area contributed by atoms with E-state index >= 15 is 0 Å². The quantitative estimate of drug-likeness (QED) is 0.390. The highest BCUT2D eigenvalue weighted by Gasteiger charge is 2.54. The Morgan fingerprint density at radius 1 is 0.559 bits per heavy atom. The van der Waals surface area contributed by atoms with Gasteiger partial charge in [0.1, 0.15) is 22.1 Å². The van der Waals surface area contributed by atoms with Gasteiger partial charge in [0.25, 0.3) is 0 Å². The fourth-order valence-corrected chi connectivity index (χ4v) is 5.55. The molecule has 0 atom stereocenters. The molecule has 4 heterocycles. The first kappa shape index (κ1) is 22.8. The van der Waals surface area contributed by atoms with Crippen molar-refractivity contribution in [1.29, 1.82) is 0 Å². The van der Waals surface area contributed by atoms with Crippen molar-refractivity contribution in [2.24, 2.45) is 0 Å². The minimum Gasteiger partial charge on any atom is -0.399 e. The molecule has 2 aromatic heterocycles. The molecule has 176 valence electrons. The number of fused-ring (bicyclic) bond motifs is 5. The van der Waals surface area contributed by atoms with Gasteiger partial charge in [0.05, 0.1) is 45.9 Å². The van der Waals surface area contributed by atoms with E-state index in [0.717, 1.165) is 43.8 Å². The first-order valence-electron chi connectivity index (χ1n) is 11.4. The molecule has 2 aliphatic heterocycles. The summed E-state index contributed by atoms with van der Waals surface area (Å²) in [6.45, 7) is 16.4. The molecule has 34 heavy (non-hydrogen) atoms. The highest BCUT2D eigenvalue weighted by atomic mass is 32.1. The SMILES string of the molecule is CC1(C)OB(c2cc3nsnc3c3c(B4OC(C)(C)C(C)(C)O4)cc4nsnc4c23)OC1(C)C. The van der Waals surface area contributed by atoms with Gasteiger partial charge in [0.15, 0.2) is 0 Å². The van der Waals surface area contributed by atoms with Crippen LogP contribution in [-0.4, -0.2) is 54.1 Å². The normalized spacial score (nSPS) is 23.1. The van der Waals surface area contributed by atoms with E-state index in [1.54, 1.807) is 0 Å². The van der Waals surface area contributed by atoms with Gasteiger partial charge in [-0.3, -0.25) is 0 Å². The van der Waals surface area contributed by atoms with Crippen molar-refractivity contribution in [3.63, 3.8) is 0 Å². The van der Waals surface area contributed by atoms with E-state index in [9.17, 15) is 0 Å². The zero-order valence-electron chi connectivity index (χ0n) is 20.5. The Morgan fingerprint density at radius 2 is 0.882 bits per heavy atom. The molecule has 0 N–H and O–H groups in total. The molecule has 8 nitrogen and oxygen atoms in total. The smallest absolute Gasteiger partial charge is 0.399 e. The largest absolute Gasteiger partial charge is 0.495 e. The van der Waals surface area contributed by atoms with Crippen LogP contribution in [0.15, 0.2) is 12.1 Å². The van der Waals surface area contributed by atoms with E-state index in [2.05, 4.69) is 17.5 Å². The Balaban J connectivity index is 1.67. The molecule has 2 aliphatic rings. The Labute approximate surface area is 207 Å². The predicted molar refractivity (Wildman–Crippen MR) is 137 cm³/mol. The van der Waals surface area contributed by atoms with E-state index in [0.29, 0.717) is 0 Å². The average Bonchev–Trinajstić information content (AvgIpc) is 3.46. The molecule has 12 heteroatoms. The van der Waals surface area contributed by atoms with Crippen molar-refractivity contribution in [3.8, 4) is 0 Å². The van der Waals surface area contributed by atoms with Crippen LogP contribution in [0.5, 0.6) is 0 Å². The summed E-state index contributed by atoms with van der Waals surface area (Å²) in [6.07, 6.45) is 0. The third-order valence-corrected chi connectivity index (χ3v) is 9.01. The highest BCUT2D eigenvalue weighted by molar-refractivity contribution is 7.00. The number of hydrogen-bond acceptors (Lipinski definition) is 10. The fourth-order valence-electron chi connectivity index (χ4n) is 4.48. The van der Waals surface area contributed by atoms with Crippen LogP contribution in [0.2, 0.25) is 0 Å². The second-order valence-corrected chi connectivity index (χ2v) is 12.2. The summed E-state index contributed by atoms with van der Waals surface area (Å²) in [5, 5.41) is 1.80. The van der Waals surface area contributed by atoms with E-state index in [1.807, 2.05) is 67.5 Å². The third-order valence-electron chi connectivity index (χ3n) is 7.93. The van der Waals surface area contributed by atoms with Crippen molar-refractivity contribution in [2.45, 2.75) is 77.8 Å². The van der Waals surface area contributed by atoms with Gasteiger partial charge in [0, 0.05) is 10.8 Å². The van der Waals surface area contributed by atoms with Gasteiger partial charge in [-0.05, 0) is 78.4 Å². The number of benzene rings is 2. The summed E-state index contributed by atoms with van der Waals surface area (Å²) < 4.78 is 44.3. The lowest BCUT2D eigenvalue weighted by molar-refractivity contribution is 0.00578. The Kier molecular flexibility index (Phi) is 4.65. The maximum atomic E-state index is 6.47. The van der Waals surface area contributed by atoms with E-state index in [1.165, 1.54) is 23.5 Å². The van der Waals surface area contributed by atoms with Crippen LogP contribution in [0.1, 0.15) is 55.4 Å². The third kappa shape index (κ3) is 3.06. The summed E-state index contributed by atoms with van der Waals surface area (Å²) in [4.78, 5) is 0. The summed E-state index contributed by atoms with van der Waals surface area (Å²) in [6, 6.07) is 4.02. The van der Waals surface area contributed by atoms with Crippen LogP contribution in [-0.2, 0) is 18.6 Å². The average molecular weight is 496 g/mol. The van der Waals surface area contributed by atoms with Crippen LogP contribution in [0.3, 0.4) is 0 Å². The number of aromatic nitrogens is 4. The number of rotatable bonds is 2. The van der Waals surface area contributed by atoms with Crippen LogP contribution >= 0.6 is 23.5 Å². The first-order valence-corrected chi connectivity index (χ1v) is 12.8. The van der Waals surface area contributed by atoms with Crippen LogP contribution in [0, 0.1) is 0 Å². The number of hydrogen-bond donors (Lipinski definition) is 0. The molecule has 4 aromatic rings. The van der Waals surface area contributed by atoms with Gasteiger partial charge in [-0.15, -0.1) is 0 Å². The predicted octanol–water partition coefficient (Wildman–Crippen LogP) is 3.45. The minimum absolute atomic E-state index is 0.484. The zero-order chi connectivity index (χ0) is 24.3. The zero-order valence-corrected chi connectivity index (χ0v) is 22.2. The molecule has 2 fully saturated rings. The Bertz CT molecular complexity index is 1320. The molecule has 0 amide bonds. The molecule has 2 aromatic carbocycles. The van der Waals surface area contributed by atoms with Crippen molar-refractivity contribution in [3.05, 3.63) is 12.1 Å². The topological polar surface area (TPSA) is 88.5 Å². The van der Waals surface area contributed by atoms with Gasteiger partial charge < -0.3 is 18.6 Å². The van der Waals surface area contributed by atoms with Gasteiger partial charge >= 0.3 is 14.2 Å². The van der Waals surface area contributed by atoms with Gasteiger partial charge in [-0.1, -0.05) is 0 Å². The minimum atomic E-state index is -0.586. The van der Waals surface area contributed by atoms with Crippen molar-refractivity contribution < 1.29 is 18.6 Å². The van der Waals surface area contributed by atoms with Crippen molar-refractivity contribution >= 4 is 81.5 Å². The molecule has 0 bridgehead atoms. The summed E-state index contributed by atoms with van der Waals surface area (Å²) in [5.41, 5.74) is 2.94. The molecular formula is C22H26B2N4O4S2. The molecule has 0 aliphatic carbocycles. The van der Waals surface area contributed by atoms with E-state index in [4.69, 9.17) is 18.6 Å². The monoisotopic (exact) mass is 496 g/mol. The second-order valence-electron chi connectivity index (χ2n) is 11.1. The Hall–Kier alpha value is -1.69. The lowest BCUT2D eigenvalue weighted by atomic mass is 9.70. The summed E-state index contributed by atoms with van der Waals surface area (Å²) in [7, 11) is -1.17. The molecule has 0 unspecified atom stereocenters. The van der Waals surface area contributed by atoms with Gasteiger partial charge in [-0.25, -0.2) is 0 Å². The lowest BCUT2D eigenvalue weighted by Gasteiger charge is -2.32.